The lowest BCUT2D eigenvalue weighted by Crippen LogP contribution is -2.10. The van der Waals surface area contributed by atoms with E-state index in [0.717, 1.165) is 17.4 Å². The van der Waals surface area contributed by atoms with E-state index >= 15 is 0 Å². The van der Waals surface area contributed by atoms with E-state index in [9.17, 15) is 0 Å². The monoisotopic (exact) mass is 273 g/mol. The first-order chi connectivity index (χ1) is 9.13. The number of anilines is 1. The van der Waals surface area contributed by atoms with Crippen LogP contribution < -0.4 is 5.32 Å². The fourth-order valence-electron chi connectivity index (χ4n) is 1.60. The lowest BCUT2D eigenvalue weighted by Gasteiger charge is -2.10. The molecular formula is C13H15N5S. The van der Waals surface area contributed by atoms with Crippen LogP contribution in [0.1, 0.15) is 19.5 Å². The molecule has 2 heterocycles. The maximum absolute atomic E-state index is 9.01. The third-order valence-corrected chi connectivity index (χ3v) is 3.08. The highest BCUT2D eigenvalue weighted by molar-refractivity contribution is 7.98. The molecule has 1 N–H and O–H groups in total. The molecular weight excluding hydrogens is 258 g/mol. The highest BCUT2D eigenvalue weighted by Crippen LogP contribution is 2.22. The molecule has 2 rings (SSSR count). The SMILES string of the molecule is CSc1ncc2cc(C#N)nc(NCC(C)C)c2n1. The highest BCUT2D eigenvalue weighted by Gasteiger charge is 2.09. The summed E-state index contributed by atoms with van der Waals surface area (Å²) < 4.78 is 0. The van der Waals surface area contributed by atoms with Gasteiger partial charge in [-0.1, -0.05) is 25.6 Å². The Balaban J connectivity index is 2.53. The number of aromatic nitrogens is 3. The van der Waals surface area contributed by atoms with Crippen LogP contribution in [0.2, 0.25) is 0 Å². The maximum atomic E-state index is 9.01. The second-order valence-corrected chi connectivity index (χ2v) is 5.31. The fraction of sp³-hybridized carbons (Fsp3) is 0.385. The predicted molar refractivity (Wildman–Crippen MR) is 77.2 cm³/mol. The van der Waals surface area contributed by atoms with E-state index < -0.39 is 0 Å². The smallest absolute Gasteiger partial charge is 0.187 e. The van der Waals surface area contributed by atoms with Gasteiger partial charge in [0.25, 0.3) is 0 Å². The van der Waals surface area contributed by atoms with Gasteiger partial charge in [0.15, 0.2) is 11.0 Å². The van der Waals surface area contributed by atoms with Gasteiger partial charge in [-0.3, -0.25) is 0 Å². The molecule has 0 spiro atoms. The lowest BCUT2D eigenvalue weighted by atomic mass is 10.2. The van der Waals surface area contributed by atoms with Crippen molar-refractivity contribution in [2.24, 2.45) is 5.92 Å². The summed E-state index contributed by atoms with van der Waals surface area (Å²) in [7, 11) is 0. The van der Waals surface area contributed by atoms with Crippen molar-refractivity contribution in [3.8, 4) is 6.07 Å². The molecule has 0 aliphatic rings. The van der Waals surface area contributed by atoms with Crippen LogP contribution in [0.15, 0.2) is 17.4 Å². The number of thioether (sulfide) groups is 1. The number of pyridine rings is 1. The molecule has 0 radical (unpaired) electrons. The van der Waals surface area contributed by atoms with Gasteiger partial charge in [0.05, 0.1) is 0 Å². The Hall–Kier alpha value is -1.87. The Morgan fingerprint density at radius 1 is 1.42 bits per heavy atom. The zero-order valence-electron chi connectivity index (χ0n) is 11.1. The van der Waals surface area contributed by atoms with Crippen LogP contribution in [-0.4, -0.2) is 27.8 Å². The molecule has 0 aliphatic carbocycles. The summed E-state index contributed by atoms with van der Waals surface area (Å²) in [5.41, 5.74) is 1.14. The van der Waals surface area contributed by atoms with Crippen LogP contribution in [0, 0.1) is 17.2 Å². The molecule has 0 aromatic carbocycles. The Morgan fingerprint density at radius 3 is 2.84 bits per heavy atom. The number of nitriles is 1. The topological polar surface area (TPSA) is 74.5 Å². The lowest BCUT2D eigenvalue weighted by molar-refractivity contribution is 0.687. The minimum atomic E-state index is 0.374. The molecule has 0 saturated carbocycles. The van der Waals surface area contributed by atoms with Crippen LogP contribution >= 0.6 is 11.8 Å². The molecule has 0 fully saturated rings. The quantitative estimate of drug-likeness (QED) is 0.682. The van der Waals surface area contributed by atoms with Crippen molar-refractivity contribution in [3.05, 3.63) is 18.0 Å². The Kier molecular flexibility index (Phi) is 4.17. The third-order valence-electron chi connectivity index (χ3n) is 2.52. The van der Waals surface area contributed by atoms with Gasteiger partial charge in [-0.25, -0.2) is 15.0 Å². The summed E-state index contributed by atoms with van der Waals surface area (Å²) in [5, 5.41) is 13.8. The van der Waals surface area contributed by atoms with E-state index in [-0.39, 0.29) is 0 Å². The second kappa shape index (κ2) is 5.85. The van der Waals surface area contributed by atoms with Gasteiger partial charge in [0.1, 0.15) is 17.3 Å². The zero-order valence-corrected chi connectivity index (χ0v) is 12.0. The first-order valence-corrected chi connectivity index (χ1v) is 7.22. The summed E-state index contributed by atoms with van der Waals surface area (Å²) in [6.45, 7) is 5.02. The van der Waals surface area contributed by atoms with Gasteiger partial charge < -0.3 is 5.32 Å². The molecule has 6 heteroatoms. The molecule has 19 heavy (non-hydrogen) atoms. The van der Waals surface area contributed by atoms with E-state index in [0.29, 0.717) is 22.6 Å². The number of hydrogen-bond donors (Lipinski definition) is 1. The van der Waals surface area contributed by atoms with Gasteiger partial charge in [0, 0.05) is 18.1 Å². The second-order valence-electron chi connectivity index (χ2n) is 4.54. The van der Waals surface area contributed by atoms with Crippen LogP contribution in [0.25, 0.3) is 10.9 Å². The molecule has 0 saturated heterocycles. The van der Waals surface area contributed by atoms with Crippen LogP contribution in [0.3, 0.4) is 0 Å². The van der Waals surface area contributed by atoms with Gasteiger partial charge in [-0.05, 0) is 18.2 Å². The largest absolute Gasteiger partial charge is 0.368 e. The van der Waals surface area contributed by atoms with Crippen LogP contribution in [0.5, 0.6) is 0 Å². The number of nitrogens with one attached hydrogen (secondary N) is 1. The summed E-state index contributed by atoms with van der Waals surface area (Å²) in [6.07, 6.45) is 3.66. The van der Waals surface area contributed by atoms with E-state index in [4.69, 9.17) is 5.26 Å². The molecule has 0 aliphatic heterocycles. The highest BCUT2D eigenvalue weighted by atomic mass is 32.2. The van der Waals surface area contributed by atoms with Crippen molar-refractivity contribution in [2.75, 3.05) is 18.1 Å². The molecule has 0 amide bonds. The normalized spacial score (nSPS) is 10.7. The van der Waals surface area contributed by atoms with Crippen LogP contribution in [-0.2, 0) is 0 Å². The number of rotatable bonds is 4. The van der Waals surface area contributed by atoms with Gasteiger partial charge in [-0.2, -0.15) is 5.26 Å². The zero-order chi connectivity index (χ0) is 13.8. The summed E-state index contributed by atoms with van der Waals surface area (Å²) in [6, 6.07) is 3.77. The number of hydrogen-bond acceptors (Lipinski definition) is 6. The number of fused-ring (bicyclic) bond motifs is 1. The van der Waals surface area contributed by atoms with Gasteiger partial charge in [0.2, 0.25) is 0 Å². The van der Waals surface area contributed by atoms with E-state index in [1.54, 1.807) is 12.3 Å². The molecule has 2 aromatic heterocycles. The Morgan fingerprint density at radius 2 is 2.21 bits per heavy atom. The Labute approximate surface area is 116 Å². The first-order valence-electron chi connectivity index (χ1n) is 5.99. The molecule has 5 nitrogen and oxygen atoms in total. The van der Waals surface area contributed by atoms with Gasteiger partial charge >= 0.3 is 0 Å². The fourth-order valence-corrected chi connectivity index (χ4v) is 1.94. The van der Waals surface area contributed by atoms with E-state index in [1.807, 2.05) is 6.26 Å². The summed E-state index contributed by atoms with van der Waals surface area (Å²) >= 11 is 1.48. The molecule has 0 bridgehead atoms. The van der Waals surface area contributed by atoms with Crippen molar-refractivity contribution < 1.29 is 0 Å². The maximum Gasteiger partial charge on any atom is 0.187 e. The Bertz CT molecular complexity index is 633. The van der Waals surface area contributed by atoms with Gasteiger partial charge in [-0.15, -0.1) is 0 Å². The molecule has 2 aromatic rings. The van der Waals surface area contributed by atoms with E-state index in [2.05, 4.69) is 40.2 Å². The van der Waals surface area contributed by atoms with Crippen molar-refractivity contribution in [2.45, 2.75) is 19.0 Å². The van der Waals surface area contributed by atoms with E-state index in [1.165, 1.54) is 11.8 Å². The van der Waals surface area contributed by atoms with Crippen molar-refractivity contribution >= 4 is 28.5 Å². The minimum Gasteiger partial charge on any atom is -0.368 e. The molecule has 0 atom stereocenters. The molecule has 0 unspecified atom stereocenters. The average molecular weight is 273 g/mol. The van der Waals surface area contributed by atoms with Crippen molar-refractivity contribution in [1.29, 1.82) is 5.26 Å². The minimum absolute atomic E-state index is 0.374. The van der Waals surface area contributed by atoms with Crippen LogP contribution in [0.4, 0.5) is 5.82 Å². The van der Waals surface area contributed by atoms with Crippen molar-refractivity contribution in [3.63, 3.8) is 0 Å². The first kappa shape index (κ1) is 13.6. The standard InChI is InChI=1S/C13H15N5S/c1-8(2)6-15-12-11-9(4-10(5-14)17-12)7-16-13(18-11)19-3/h4,7-8H,6H2,1-3H3,(H,15,17). The third kappa shape index (κ3) is 3.12. The van der Waals surface area contributed by atoms with Crippen molar-refractivity contribution in [1.82, 2.24) is 15.0 Å². The average Bonchev–Trinajstić information content (AvgIpc) is 2.43. The summed E-state index contributed by atoms with van der Waals surface area (Å²) in [4.78, 5) is 13.0. The number of nitrogens with zero attached hydrogens (tertiary/aromatic N) is 4. The summed E-state index contributed by atoms with van der Waals surface area (Å²) in [5.74, 6) is 1.14. The predicted octanol–water partition coefficient (Wildman–Crippen LogP) is 2.69. The molecule has 98 valence electrons.